The number of hydrogen-bond donors (Lipinski definition) is 4. The lowest BCUT2D eigenvalue weighted by Crippen LogP contribution is -2.38. The van der Waals surface area contributed by atoms with Crippen molar-refractivity contribution in [2.45, 2.75) is 50.7 Å². The molecule has 1 aromatic heterocycles. The highest BCUT2D eigenvalue weighted by atomic mass is 16.6. The minimum Gasteiger partial charge on any atom is -0.394 e. The lowest BCUT2D eigenvalue weighted by Gasteiger charge is -2.17. The lowest BCUT2D eigenvalue weighted by molar-refractivity contribution is -0.0550. The first-order valence-corrected chi connectivity index (χ1v) is 7.46. The van der Waals surface area contributed by atoms with Crippen LogP contribution in [-0.4, -0.2) is 49.8 Å². The van der Waals surface area contributed by atoms with E-state index in [1.807, 2.05) is 6.92 Å². The fraction of sp³-hybridized carbons (Fsp3) is 0.600. The predicted molar refractivity (Wildman–Crippen MR) is 80.7 cm³/mol. The van der Waals surface area contributed by atoms with Crippen molar-refractivity contribution in [1.82, 2.24) is 9.55 Å². The smallest absolute Gasteiger partial charge is 0.330 e. The summed E-state index contributed by atoms with van der Waals surface area (Å²) in [6, 6.07) is 0. The fourth-order valence-electron chi connectivity index (χ4n) is 2.30. The van der Waals surface area contributed by atoms with Crippen LogP contribution < -0.4 is 11.2 Å². The number of ether oxygens (including phenoxy) is 1. The lowest BCUT2D eigenvalue weighted by atomic mass is 10.1. The number of unbranched alkanes of at least 4 members (excludes halogenated alkanes) is 2. The largest absolute Gasteiger partial charge is 0.394 e. The molecule has 0 radical (unpaired) electrons. The molecule has 0 amide bonds. The van der Waals surface area contributed by atoms with E-state index in [1.165, 1.54) is 6.20 Å². The van der Waals surface area contributed by atoms with E-state index in [4.69, 9.17) is 9.84 Å². The maximum atomic E-state index is 11.9. The zero-order valence-corrected chi connectivity index (χ0v) is 12.7. The second kappa shape index (κ2) is 7.57. The normalized spacial score (nSPS) is 26.8. The highest BCUT2D eigenvalue weighted by Gasteiger charge is 2.43. The van der Waals surface area contributed by atoms with Gasteiger partial charge in [0, 0.05) is 12.6 Å². The topological polar surface area (TPSA) is 125 Å². The van der Waals surface area contributed by atoms with Crippen LogP contribution in [0.4, 0.5) is 0 Å². The molecular formula is C15H20N2O6. The van der Waals surface area contributed by atoms with E-state index >= 15 is 0 Å². The van der Waals surface area contributed by atoms with Gasteiger partial charge >= 0.3 is 5.69 Å². The zero-order valence-electron chi connectivity index (χ0n) is 12.7. The summed E-state index contributed by atoms with van der Waals surface area (Å²) in [4.78, 5) is 25.8. The molecule has 4 atom stereocenters. The van der Waals surface area contributed by atoms with Crippen molar-refractivity contribution in [2.24, 2.45) is 0 Å². The van der Waals surface area contributed by atoms with E-state index in [2.05, 4.69) is 16.8 Å². The van der Waals surface area contributed by atoms with Crippen LogP contribution in [0.3, 0.4) is 0 Å². The summed E-state index contributed by atoms with van der Waals surface area (Å²) in [5, 5.41) is 28.8. The molecule has 1 fully saturated rings. The summed E-state index contributed by atoms with van der Waals surface area (Å²) in [5.41, 5.74) is -1.34. The zero-order chi connectivity index (χ0) is 17.0. The van der Waals surface area contributed by atoms with Gasteiger partial charge < -0.3 is 20.1 Å². The molecule has 2 heterocycles. The minimum absolute atomic E-state index is 0.0680. The molecule has 4 N–H and O–H groups in total. The first-order chi connectivity index (χ1) is 11.0. The molecule has 23 heavy (non-hydrogen) atoms. The highest BCUT2D eigenvalue weighted by Crippen LogP contribution is 2.27. The quantitative estimate of drug-likeness (QED) is 0.403. The van der Waals surface area contributed by atoms with Crippen LogP contribution in [0.1, 0.15) is 38.0 Å². The molecule has 1 aliphatic rings. The van der Waals surface area contributed by atoms with Gasteiger partial charge in [0.1, 0.15) is 23.9 Å². The van der Waals surface area contributed by atoms with Crippen LogP contribution in [0.5, 0.6) is 0 Å². The standard InChI is InChI=1S/C15H20N2O6/c1-2-3-4-5-6-9-7-17(15(22)16-13(9)21)14-12(20)11(19)10(8-18)23-14/h7,10-12,14,18-20H,2-4,8H2,1H3,(H,16,21,22)/t10-,11?,12?,14-/m0/s1. The van der Waals surface area contributed by atoms with Crippen molar-refractivity contribution in [3.8, 4) is 11.8 Å². The van der Waals surface area contributed by atoms with Crippen LogP contribution in [0.2, 0.25) is 0 Å². The molecule has 0 spiro atoms. The van der Waals surface area contributed by atoms with E-state index < -0.39 is 42.4 Å². The Morgan fingerprint density at radius 2 is 2.09 bits per heavy atom. The monoisotopic (exact) mass is 324 g/mol. The molecule has 0 bridgehead atoms. The van der Waals surface area contributed by atoms with Crippen molar-refractivity contribution in [2.75, 3.05) is 6.61 Å². The van der Waals surface area contributed by atoms with Gasteiger partial charge in [-0.3, -0.25) is 14.3 Å². The Bertz CT molecular complexity index is 713. The summed E-state index contributed by atoms with van der Waals surface area (Å²) in [7, 11) is 0. The molecule has 126 valence electrons. The summed E-state index contributed by atoms with van der Waals surface area (Å²) < 4.78 is 6.25. The van der Waals surface area contributed by atoms with Crippen molar-refractivity contribution in [3.63, 3.8) is 0 Å². The van der Waals surface area contributed by atoms with Crippen LogP contribution in [-0.2, 0) is 4.74 Å². The second-order valence-electron chi connectivity index (χ2n) is 5.34. The van der Waals surface area contributed by atoms with Crippen molar-refractivity contribution in [3.05, 3.63) is 32.6 Å². The molecule has 1 aromatic rings. The first-order valence-electron chi connectivity index (χ1n) is 7.46. The molecule has 2 unspecified atom stereocenters. The van der Waals surface area contributed by atoms with E-state index in [9.17, 15) is 19.8 Å². The Kier molecular flexibility index (Phi) is 5.74. The number of aromatic amines is 1. The first kappa shape index (κ1) is 17.4. The number of aromatic nitrogens is 2. The van der Waals surface area contributed by atoms with Gasteiger partial charge in [0.15, 0.2) is 6.23 Å². The van der Waals surface area contributed by atoms with E-state index in [-0.39, 0.29) is 5.56 Å². The Morgan fingerprint density at radius 1 is 1.35 bits per heavy atom. The number of rotatable bonds is 4. The van der Waals surface area contributed by atoms with Crippen LogP contribution in [0.25, 0.3) is 0 Å². The van der Waals surface area contributed by atoms with Gasteiger partial charge in [-0.25, -0.2) is 4.79 Å². The number of aliphatic hydroxyl groups is 3. The average Bonchev–Trinajstić information content (AvgIpc) is 2.81. The molecule has 0 saturated carbocycles. The van der Waals surface area contributed by atoms with Gasteiger partial charge in [-0.15, -0.1) is 0 Å². The third-order valence-corrected chi connectivity index (χ3v) is 3.64. The van der Waals surface area contributed by atoms with Crippen molar-refractivity contribution in [1.29, 1.82) is 0 Å². The number of nitrogens with zero attached hydrogens (tertiary/aromatic N) is 1. The number of aliphatic hydroxyl groups excluding tert-OH is 3. The molecule has 8 nitrogen and oxygen atoms in total. The maximum absolute atomic E-state index is 11.9. The molecule has 1 saturated heterocycles. The van der Waals surface area contributed by atoms with Crippen molar-refractivity contribution < 1.29 is 20.1 Å². The summed E-state index contributed by atoms with van der Waals surface area (Å²) >= 11 is 0. The maximum Gasteiger partial charge on any atom is 0.330 e. The van der Waals surface area contributed by atoms with E-state index in [0.29, 0.717) is 6.42 Å². The van der Waals surface area contributed by atoms with E-state index in [0.717, 1.165) is 17.4 Å². The Labute approximate surface area is 132 Å². The minimum atomic E-state index is -1.41. The van der Waals surface area contributed by atoms with E-state index in [1.54, 1.807) is 0 Å². The third-order valence-electron chi connectivity index (χ3n) is 3.64. The highest BCUT2D eigenvalue weighted by molar-refractivity contribution is 5.29. The molecule has 1 aliphatic heterocycles. The average molecular weight is 324 g/mol. The van der Waals surface area contributed by atoms with Gasteiger partial charge in [-0.2, -0.15) is 0 Å². The Balaban J connectivity index is 2.34. The predicted octanol–water partition coefficient (Wildman–Crippen LogP) is -1.31. The summed E-state index contributed by atoms with van der Waals surface area (Å²) in [6.45, 7) is 1.52. The van der Waals surface area contributed by atoms with Gasteiger partial charge in [0.05, 0.1) is 6.61 Å². The molecule has 8 heteroatoms. The third kappa shape index (κ3) is 3.71. The molecular weight excluding hydrogens is 304 g/mol. The molecule has 0 aromatic carbocycles. The summed E-state index contributed by atoms with van der Waals surface area (Å²) in [5.74, 6) is 5.53. The number of hydrogen-bond acceptors (Lipinski definition) is 6. The summed E-state index contributed by atoms with van der Waals surface area (Å²) in [6.07, 6.45) is -1.24. The van der Waals surface area contributed by atoms with Gasteiger partial charge in [0.25, 0.3) is 5.56 Å². The molecule has 0 aliphatic carbocycles. The molecule has 2 rings (SSSR count). The van der Waals surface area contributed by atoms with Gasteiger partial charge in [-0.1, -0.05) is 25.2 Å². The Hall–Kier alpha value is -1.92. The van der Waals surface area contributed by atoms with Gasteiger partial charge in [0.2, 0.25) is 0 Å². The fourth-order valence-corrected chi connectivity index (χ4v) is 2.30. The Morgan fingerprint density at radius 3 is 2.70 bits per heavy atom. The van der Waals surface area contributed by atoms with Gasteiger partial charge in [-0.05, 0) is 6.42 Å². The van der Waals surface area contributed by atoms with Crippen molar-refractivity contribution >= 4 is 0 Å². The van der Waals surface area contributed by atoms with Crippen LogP contribution in [0.15, 0.2) is 15.8 Å². The second-order valence-corrected chi connectivity index (χ2v) is 5.34. The SMILES string of the molecule is CCCCC#Cc1cn([C@H]2O[C@@H](CO)C(O)C2O)c(=O)[nH]c1=O. The van der Waals surface area contributed by atoms with Crippen LogP contribution >= 0.6 is 0 Å². The number of H-pyrrole nitrogens is 1. The number of nitrogens with one attached hydrogen (secondary N) is 1. The van der Waals surface area contributed by atoms with Crippen LogP contribution in [0, 0.1) is 11.8 Å².